The minimum Gasteiger partial charge on any atom is -0.492 e. The van der Waals surface area contributed by atoms with E-state index in [-0.39, 0.29) is 31.2 Å². The van der Waals surface area contributed by atoms with Crippen molar-refractivity contribution in [1.82, 2.24) is 25.2 Å². The molecule has 2 aliphatic carbocycles. The predicted molar refractivity (Wildman–Crippen MR) is 206 cm³/mol. The highest BCUT2D eigenvalue weighted by atomic mass is 32.2. The van der Waals surface area contributed by atoms with Gasteiger partial charge in [0.1, 0.15) is 29.5 Å². The lowest BCUT2D eigenvalue weighted by Crippen LogP contribution is -2.59. The van der Waals surface area contributed by atoms with Gasteiger partial charge in [0.25, 0.3) is 5.91 Å². The first-order valence-electron chi connectivity index (χ1n) is 19.9. The van der Waals surface area contributed by atoms with Crippen molar-refractivity contribution in [2.24, 2.45) is 17.8 Å². The first-order chi connectivity index (χ1) is 27.3. The van der Waals surface area contributed by atoms with Crippen molar-refractivity contribution in [3.05, 3.63) is 42.6 Å². The highest BCUT2D eigenvalue weighted by Crippen LogP contribution is 2.46. The van der Waals surface area contributed by atoms with Crippen LogP contribution in [-0.4, -0.2) is 96.0 Å². The van der Waals surface area contributed by atoms with Crippen molar-refractivity contribution >= 4 is 44.6 Å². The fraction of sp³-hybridized carbons (Fsp3) is 0.625. The van der Waals surface area contributed by atoms with E-state index in [2.05, 4.69) is 20.3 Å². The van der Waals surface area contributed by atoms with Gasteiger partial charge in [-0.1, -0.05) is 50.6 Å². The van der Waals surface area contributed by atoms with Gasteiger partial charge in [0.15, 0.2) is 0 Å². The first-order valence-corrected chi connectivity index (χ1v) is 21.4. The molecule has 318 valence electrons. The first kappa shape index (κ1) is 43.0. The number of alkyl halides is 3. The number of benzene rings is 1. The van der Waals surface area contributed by atoms with E-state index < -0.39 is 86.4 Å². The van der Waals surface area contributed by atoms with E-state index in [1.807, 2.05) is 32.1 Å². The van der Waals surface area contributed by atoms with Crippen LogP contribution in [0.5, 0.6) is 11.6 Å². The molecule has 3 fully saturated rings. The van der Waals surface area contributed by atoms with E-state index in [4.69, 9.17) is 14.2 Å². The summed E-state index contributed by atoms with van der Waals surface area (Å²) in [4.78, 5) is 62.1. The molecule has 14 nitrogen and oxygen atoms in total. The van der Waals surface area contributed by atoms with E-state index in [0.717, 1.165) is 0 Å². The summed E-state index contributed by atoms with van der Waals surface area (Å²) in [5.74, 6) is -2.84. The van der Waals surface area contributed by atoms with Gasteiger partial charge in [0.2, 0.25) is 33.3 Å². The van der Waals surface area contributed by atoms with Gasteiger partial charge in [-0.25, -0.2) is 18.2 Å². The Hall–Kier alpha value is -4.61. The van der Waals surface area contributed by atoms with Crippen molar-refractivity contribution in [2.75, 3.05) is 13.2 Å². The van der Waals surface area contributed by atoms with E-state index in [9.17, 15) is 40.8 Å². The summed E-state index contributed by atoms with van der Waals surface area (Å²) in [6, 6.07) is 4.50. The lowest BCUT2D eigenvalue weighted by Gasteiger charge is -2.35. The second-order valence-electron chi connectivity index (χ2n) is 16.4. The van der Waals surface area contributed by atoms with Crippen molar-refractivity contribution in [2.45, 2.75) is 127 Å². The molecule has 2 saturated carbocycles. The van der Waals surface area contributed by atoms with Crippen LogP contribution in [0.15, 0.2) is 42.6 Å². The van der Waals surface area contributed by atoms with Crippen LogP contribution >= 0.6 is 0 Å². The number of pyridine rings is 1. The summed E-state index contributed by atoms with van der Waals surface area (Å²) in [6.45, 7) is 7.18. The fourth-order valence-corrected chi connectivity index (χ4v) is 9.19. The number of carbonyl (C=O) groups is 4. The summed E-state index contributed by atoms with van der Waals surface area (Å²) < 4.78 is 86.3. The van der Waals surface area contributed by atoms with Crippen LogP contribution in [0, 0.1) is 17.8 Å². The number of aromatic nitrogens is 1. The standard InChI is InChI=1S/C40H52F3N5O9S/c1-6-24-18-23(3)12-8-9-13-25-20-39(25,36(51)47-58(53,54)27-16-17-27)46-33(49)30-19-26(56-34-29-15-11-10-14-28(29)31(21-44-34)55-7-2)22-48(30)35(50)32(24)45-37(52)57-38(4,5)40(41,42)43/h9-11,13-15,21,23-27,30,32H,6-8,12,16-20,22H2,1-5H3,(H,45,52)(H,46,49)(H,47,51)/t23-,24-,25-,26-,30+,32+,39-/m1/s1. The van der Waals surface area contributed by atoms with E-state index in [0.29, 0.717) is 75.5 Å². The number of sulfonamides is 1. The Kier molecular flexibility index (Phi) is 12.3. The minimum atomic E-state index is -4.91. The third kappa shape index (κ3) is 9.15. The van der Waals surface area contributed by atoms with Crippen LogP contribution < -0.4 is 24.8 Å². The average Bonchev–Trinajstić information content (AvgIpc) is 4.08. The summed E-state index contributed by atoms with van der Waals surface area (Å²) >= 11 is 0. The maximum absolute atomic E-state index is 14.9. The number of hydrogen-bond donors (Lipinski definition) is 3. The highest BCUT2D eigenvalue weighted by Gasteiger charge is 2.62. The molecular formula is C40H52F3N5O9S. The average molecular weight is 836 g/mol. The minimum absolute atomic E-state index is 0.0281. The quantitative estimate of drug-likeness (QED) is 0.266. The molecule has 0 bridgehead atoms. The van der Waals surface area contributed by atoms with E-state index >= 15 is 0 Å². The summed E-state index contributed by atoms with van der Waals surface area (Å²) in [7, 11) is -3.98. The zero-order valence-corrected chi connectivity index (χ0v) is 34.1. The Morgan fingerprint density at radius 2 is 1.78 bits per heavy atom. The molecule has 1 aromatic heterocycles. The van der Waals surface area contributed by atoms with Crippen LogP contribution in [0.25, 0.3) is 10.8 Å². The number of carbonyl (C=O) groups excluding carboxylic acids is 4. The predicted octanol–water partition coefficient (Wildman–Crippen LogP) is 5.30. The third-order valence-electron chi connectivity index (χ3n) is 11.6. The van der Waals surface area contributed by atoms with Crippen LogP contribution in [0.2, 0.25) is 0 Å². The second kappa shape index (κ2) is 16.6. The number of fused-ring (bicyclic) bond motifs is 3. The van der Waals surface area contributed by atoms with Crippen molar-refractivity contribution in [3.8, 4) is 11.6 Å². The Morgan fingerprint density at radius 1 is 1.07 bits per heavy atom. The monoisotopic (exact) mass is 835 g/mol. The Bertz CT molecular complexity index is 2040. The SMILES string of the molecule is CCOc1cnc(O[C@@H]2C[C@H]3C(=O)N[C@]4(C(=O)NS(=O)(=O)C5CC5)C[C@H]4C=CCC[C@@H](C)C[C@@H](CC)[C@H](NC(=O)OC(C)(C)C(F)(F)F)C(=O)N3C2)c2ccccc12. The zero-order chi connectivity index (χ0) is 42.2. The maximum atomic E-state index is 14.9. The molecule has 58 heavy (non-hydrogen) atoms. The largest absolute Gasteiger partial charge is 0.492 e. The fourth-order valence-electron chi connectivity index (χ4n) is 7.83. The Morgan fingerprint density at radius 3 is 2.43 bits per heavy atom. The van der Waals surface area contributed by atoms with Gasteiger partial charge in [-0.15, -0.1) is 0 Å². The Labute approximate surface area is 336 Å². The molecule has 3 heterocycles. The van der Waals surface area contributed by atoms with Crippen molar-refractivity contribution in [3.63, 3.8) is 0 Å². The Balaban J connectivity index is 1.37. The molecule has 4 aliphatic rings. The lowest BCUT2D eigenvalue weighted by molar-refractivity contribution is -0.244. The number of hydrogen-bond acceptors (Lipinski definition) is 10. The van der Waals surface area contributed by atoms with Gasteiger partial charge in [-0.05, 0) is 77.2 Å². The number of nitrogens with one attached hydrogen (secondary N) is 3. The van der Waals surface area contributed by atoms with Gasteiger partial charge >= 0.3 is 12.3 Å². The molecule has 7 atom stereocenters. The molecule has 18 heteroatoms. The molecular weight excluding hydrogens is 784 g/mol. The lowest BCUT2D eigenvalue weighted by atomic mass is 9.85. The summed E-state index contributed by atoms with van der Waals surface area (Å²) in [5.41, 5.74) is -4.51. The van der Waals surface area contributed by atoms with Gasteiger partial charge < -0.3 is 29.7 Å². The summed E-state index contributed by atoms with van der Waals surface area (Å²) in [6.07, 6.45) is 0.684. The molecule has 1 saturated heterocycles. The van der Waals surface area contributed by atoms with Crippen LogP contribution in [-0.2, 0) is 29.1 Å². The maximum Gasteiger partial charge on any atom is 0.427 e. The molecule has 6 rings (SSSR count). The summed E-state index contributed by atoms with van der Waals surface area (Å²) in [5, 5.41) is 5.85. The smallest absolute Gasteiger partial charge is 0.427 e. The molecule has 2 aliphatic heterocycles. The van der Waals surface area contributed by atoms with Gasteiger partial charge in [-0.2, -0.15) is 13.2 Å². The molecule has 3 N–H and O–H groups in total. The number of alkyl carbamates (subject to hydrolysis) is 1. The van der Waals surface area contributed by atoms with Gasteiger partial charge in [0, 0.05) is 23.1 Å². The van der Waals surface area contributed by atoms with Crippen LogP contribution in [0.1, 0.15) is 86.0 Å². The molecule has 0 spiro atoms. The topological polar surface area (TPSA) is 182 Å². The molecule has 0 radical (unpaired) electrons. The van der Waals surface area contributed by atoms with E-state index in [1.165, 1.54) is 11.1 Å². The number of nitrogens with zero attached hydrogens (tertiary/aromatic N) is 2. The molecule has 1 aromatic carbocycles. The van der Waals surface area contributed by atoms with Gasteiger partial charge in [0.05, 0.1) is 24.6 Å². The van der Waals surface area contributed by atoms with Gasteiger partial charge in [-0.3, -0.25) is 19.1 Å². The number of rotatable bonds is 10. The van der Waals surface area contributed by atoms with E-state index in [1.54, 1.807) is 25.1 Å². The normalized spacial score (nSPS) is 28.3. The highest BCUT2D eigenvalue weighted by molar-refractivity contribution is 7.91. The van der Waals surface area contributed by atoms with Crippen LogP contribution in [0.4, 0.5) is 18.0 Å². The second-order valence-corrected chi connectivity index (χ2v) is 18.3. The zero-order valence-electron chi connectivity index (χ0n) is 33.3. The third-order valence-corrected chi connectivity index (χ3v) is 13.4. The van der Waals surface area contributed by atoms with Crippen molar-refractivity contribution in [1.29, 1.82) is 0 Å². The van der Waals surface area contributed by atoms with Crippen LogP contribution in [0.3, 0.4) is 0 Å². The number of allylic oxidation sites excluding steroid dienone is 1. The molecule has 2 aromatic rings. The number of ether oxygens (including phenoxy) is 3. The van der Waals surface area contributed by atoms with Crippen molar-refractivity contribution < 1.29 is 55.0 Å². The number of amides is 4. The molecule has 4 amide bonds. The number of halogens is 3. The molecule has 0 unspecified atom stereocenters.